The number of rotatable bonds is 3. The van der Waals surface area contributed by atoms with Gasteiger partial charge in [0.25, 0.3) is 0 Å². The topological polar surface area (TPSA) is 28.7 Å². The van der Waals surface area contributed by atoms with E-state index < -0.39 is 0 Å². The molecule has 0 spiro atoms. The zero-order chi connectivity index (χ0) is 11.8. The van der Waals surface area contributed by atoms with E-state index in [1.807, 2.05) is 18.2 Å². The SMILES string of the molecule is CCC(C)(CC)c1n[nH]c2ccc(Cl)cc12. The van der Waals surface area contributed by atoms with E-state index in [1.54, 1.807) is 0 Å². The van der Waals surface area contributed by atoms with E-state index in [0.29, 0.717) is 0 Å². The molecule has 1 aromatic heterocycles. The largest absolute Gasteiger partial charge is 0.278 e. The maximum atomic E-state index is 6.04. The van der Waals surface area contributed by atoms with Crippen molar-refractivity contribution in [3.8, 4) is 0 Å². The summed E-state index contributed by atoms with van der Waals surface area (Å²) in [6, 6.07) is 5.88. The monoisotopic (exact) mass is 236 g/mol. The van der Waals surface area contributed by atoms with Gasteiger partial charge in [0.15, 0.2) is 0 Å². The number of hydrogen-bond donors (Lipinski definition) is 1. The van der Waals surface area contributed by atoms with Gasteiger partial charge in [0.05, 0.1) is 11.2 Å². The highest BCUT2D eigenvalue weighted by atomic mass is 35.5. The molecule has 0 unspecified atom stereocenters. The Morgan fingerprint density at radius 3 is 2.62 bits per heavy atom. The quantitative estimate of drug-likeness (QED) is 0.846. The van der Waals surface area contributed by atoms with Crippen LogP contribution >= 0.6 is 11.6 Å². The number of nitrogens with one attached hydrogen (secondary N) is 1. The van der Waals surface area contributed by atoms with Gasteiger partial charge in [0, 0.05) is 15.8 Å². The van der Waals surface area contributed by atoms with Crippen molar-refractivity contribution in [2.45, 2.75) is 39.0 Å². The van der Waals surface area contributed by atoms with Crippen LogP contribution in [0.25, 0.3) is 10.9 Å². The maximum absolute atomic E-state index is 6.04. The van der Waals surface area contributed by atoms with E-state index >= 15 is 0 Å². The van der Waals surface area contributed by atoms with Crippen molar-refractivity contribution in [3.05, 3.63) is 28.9 Å². The summed E-state index contributed by atoms with van der Waals surface area (Å²) in [6.45, 7) is 6.66. The highest BCUT2D eigenvalue weighted by molar-refractivity contribution is 6.31. The molecule has 16 heavy (non-hydrogen) atoms. The van der Waals surface area contributed by atoms with Crippen molar-refractivity contribution >= 4 is 22.5 Å². The van der Waals surface area contributed by atoms with Gasteiger partial charge in [0.1, 0.15) is 0 Å². The third kappa shape index (κ3) is 1.71. The predicted molar refractivity (Wildman–Crippen MR) is 69.0 cm³/mol. The molecule has 0 amide bonds. The lowest BCUT2D eigenvalue weighted by molar-refractivity contribution is 0.428. The van der Waals surface area contributed by atoms with E-state index in [2.05, 4.69) is 31.0 Å². The summed E-state index contributed by atoms with van der Waals surface area (Å²) < 4.78 is 0. The number of H-pyrrole nitrogens is 1. The Bertz CT molecular complexity index is 498. The highest BCUT2D eigenvalue weighted by Crippen LogP contribution is 2.34. The van der Waals surface area contributed by atoms with Gasteiger partial charge in [-0.25, -0.2) is 0 Å². The molecule has 2 nitrogen and oxygen atoms in total. The van der Waals surface area contributed by atoms with Crippen molar-refractivity contribution in [2.24, 2.45) is 0 Å². The molecular formula is C13H17ClN2. The fraction of sp³-hybridized carbons (Fsp3) is 0.462. The Morgan fingerprint density at radius 2 is 2.00 bits per heavy atom. The normalized spacial score (nSPS) is 12.2. The Balaban J connectivity index is 2.64. The smallest absolute Gasteiger partial charge is 0.0760 e. The summed E-state index contributed by atoms with van der Waals surface area (Å²) in [5.74, 6) is 0. The second kappa shape index (κ2) is 4.10. The molecule has 1 N–H and O–H groups in total. The Hall–Kier alpha value is -1.02. The van der Waals surface area contributed by atoms with E-state index in [4.69, 9.17) is 11.6 Å². The van der Waals surface area contributed by atoms with Crippen LogP contribution in [0.2, 0.25) is 5.02 Å². The second-order valence-electron chi connectivity index (χ2n) is 4.53. The number of hydrogen-bond acceptors (Lipinski definition) is 1. The molecule has 0 fully saturated rings. The summed E-state index contributed by atoms with van der Waals surface area (Å²) in [7, 11) is 0. The Labute approximate surface area is 101 Å². The summed E-state index contributed by atoms with van der Waals surface area (Å²) in [5, 5.41) is 9.47. The molecule has 0 radical (unpaired) electrons. The standard InChI is InChI=1S/C13H17ClN2/c1-4-13(3,5-2)12-10-8-9(14)6-7-11(10)15-16-12/h6-8H,4-5H2,1-3H3,(H,15,16). The fourth-order valence-corrected chi connectivity index (χ4v) is 2.20. The highest BCUT2D eigenvalue weighted by Gasteiger charge is 2.27. The minimum Gasteiger partial charge on any atom is -0.278 e. The average molecular weight is 237 g/mol. The Kier molecular flexibility index (Phi) is 2.94. The zero-order valence-electron chi connectivity index (χ0n) is 9.97. The molecule has 86 valence electrons. The minimum absolute atomic E-state index is 0.128. The average Bonchev–Trinajstić information content (AvgIpc) is 2.71. The van der Waals surface area contributed by atoms with E-state index in [0.717, 1.165) is 34.5 Å². The van der Waals surface area contributed by atoms with Gasteiger partial charge >= 0.3 is 0 Å². The lowest BCUT2D eigenvalue weighted by Gasteiger charge is -2.24. The number of halogens is 1. The van der Waals surface area contributed by atoms with Crippen LogP contribution in [-0.4, -0.2) is 10.2 Å². The molecule has 2 rings (SSSR count). The first-order valence-electron chi connectivity index (χ1n) is 5.75. The van der Waals surface area contributed by atoms with Crippen LogP contribution in [0.1, 0.15) is 39.3 Å². The summed E-state index contributed by atoms with van der Waals surface area (Å²) >= 11 is 6.04. The third-order valence-corrected chi connectivity index (χ3v) is 3.89. The molecule has 0 saturated heterocycles. The predicted octanol–water partition coefficient (Wildman–Crippen LogP) is 4.29. The first-order valence-corrected chi connectivity index (χ1v) is 6.12. The number of nitrogens with zero attached hydrogens (tertiary/aromatic N) is 1. The number of benzene rings is 1. The molecule has 0 bridgehead atoms. The number of fused-ring (bicyclic) bond motifs is 1. The van der Waals surface area contributed by atoms with E-state index in [1.165, 1.54) is 0 Å². The molecule has 1 aromatic carbocycles. The van der Waals surface area contributed by atoms with E-state index in [-0.39, 0.29) is 5.41 Å². The molecule has 0 saturated carbocycles. The van der Waals surface area contributed by atoms with Gasteiger partial charge < -0.3 is 0 Å². The van der Waals surface area contributed by atoms with Crippen LogP contribution in [0.15, 0.2) is 18.2 Å². The van der Waals surface area contributed by atoms with Gasteiger partial charge in [-0.1, -0.05) is 32.4 Å². The molecular weight excluding hydrogens is 220 g/mol. The van der Waals surface area contributed by atoms with E-state index in [9.17, 15) is 0 Å². The van der Waals surface area contributed by atoms with Crippen LogP contribution < -0.4 is 0 Å². The van der Waals surface area contributed by atoms with Crippen LogP contribution in [-0.2, 0) is 5.41 Å². The zero-order valence-corrected chi connectivity index (χ0v) is 10.7. The van der Waals surface area contributed by atoms with Crippen LogP contribution in [0.4, 0.5) is 0 Å². The Morgan fingerprint density at radius 1 is 1.31 bits per heavy atom. The van der Waals surface area contributed by atoms with Crippen LogP contribution in [0.5, 0.6) is 0 Å². The lowest BCUT2D eigenvalue weighted by Crippen LogP contribution is -2.20. The summed E-state index contributed by atoms with van der Waals surface area (Å²) in [5.41, 5.74) is 2.32. The first-order chi connectivity index (χ1) is 7.60. The van der Waals surface area contributed by atoms with Crippen LogP contribution in [0.3, 0.4) is 0 Å². The van der Waals surface area contributed by atoms with Gasteiger partial charge in [-0.15, -0.1) is 0 Å². The van der Waals surface area contributed by atoms with Crippen molar-refractivity contribution in [1.29, 1.82) is 0 Å². The van der Waals surface area contributed by atoms with Gasteiger partial charge in [-0.05, 0) is 31.0 Å². The molecule has 2 aromatic rings. The van der Waals surface area contributed by atoms with Gasteiger partial charge in [-0.3, -0.25) is 5.10 Å². The van der Waals surface area contributed by atoms with Crippen molar-refractivity contribution in [2.75, 3.05) is 0 Å². The second-order valence-corrected chi connectivity index (χ2v) is 4.97. The molecule has 0 aliphatic heterocycles. The molecule has 3 heteroatoms. The van der Waals surface area contributed by atoms with Crippen molar-refractivity contribution < 1.29 is 0 Å². The lowest BCUT2D eigenvalue weighted by atomic mass is 9.80. The van der Waals surface area contributed by atoms with Crippen molar-refractivity contribution in [3.63, 3.8) is 0 Å². The summed E-state index contributed by atoms with van der Waals surface area (Å²) in [6.07, 6.45) is 2.16. The van der Waals surface area contributed by atoms with Gasteiger partial charge in [0.2, 0.25) is 0 Å². The molecule has 0 aliphatic carbocycles. The molecule has 1 heterocycles. The van der Waals surface area contributed by atoms with Gasteiger partial charge in [-0.2, -0.15) is 5.10 Å². The first kappa shape index (κ1) is 11.5. The maximum Gasteiger partial charge on any atom is 0.0760 e. The number of aromatic amines is 1. The molecule has 0 aliphatic rings. The third-order valence-electron chi connectivity index (χ3n) is 3.66. The molecule has 0 atom stereocenters. The fourth-order valence-electron chi connectivity index (χ4n) is 2.03. The summed E-state index contributed by atoms with van der Waals surface area (Å²) in [4.78, 5) is 0. The van der Waals surface area contributed by atoms with Crippen LogP contribution in [0, 0.1) is 0 Å². The minimum atomic E-state index is 0.128. The number of aromatic nitrogens is 2. The van der Waals surface area contributed by atoms with Crippen molar-refractivity contribution in [1.82, 2.24) is 10.2 Å².